The number of rotatable bonds is 9. The molecule has 2 aliphatic rings. The van der Waals surface area contributed by atoms with Crippen molar-refractivity contribution < 1.29 is 14.3 Å². The minimum Gasteiger partial charge on any atom is -0.490 e. The summed E-state index contributed by atoms with van der Waals surface area (Å²) in [5.41, 5.74) is 8.70. The molecule has 9 heteroatoms. The molecule has 2 aliphatic heterocycles. The van der Waals surface area contributed by atoms with E-state index in [4.69, 9.17) is 20.2 Å². The maximum Gasteiger partial charge on any atom is 0.321 e. The van der Waals surface area contributed by atoms with E-state index >= 15 is 0 Å². The van der Waals surface area contributed by atoms with E-state index in [1.807, 2.05) is 34.6 Å². The summed E-state index contributed by atoms with van der Waals surface area (Å²) in [6, 6.07) is -0.453. The van der Waals surface area contributed by atoms with Gasteiger partial charge in [0.05, 0.1) is 11.7 Å². The topological polar surface area (TPSA) is 84.2 Å². The fourth-order valence-electron chi connectivity index (χ4n) is 4.54. The Bertz CT molecular complexity index is 850. The summed E-state index contributed by atoms with van der Waals surface area (Å²) in [5.74, 6) is 0.505. The molecule has 0 aliphatic carbocycles. The lowest BCUT2D eigenvalue weighted by Gasteiger charge is -2.34. The van der Waals surface area contributed by atoms with Gasteiger partial charge in [-0.1, -0.05) is 11.8 Å². The van der Waals surface area contributed by atoms with Gasteiger partial charge in [0.25, 0.3) is 0 Å². The van der Waals surface area contributed by atoms with Gasteiger partial charge in [-0.05, 0) is 68.2 Å². The number of aromatic nitrogens is 1. The third-order valence-electron chi connectivity index (χ3n) is 6.31. The van der Waals surface area contributed by atoms with Crippen molar-refractivity contribution in [2.75, 3.05) is 66.5 Å². The molecule has 2 atom stereocenters. The molecular weight excluding hydrogens is 450 g/mol. The number of aryl methyl sites for hydroxylation is 1. The zero-order chi connectivity index (χ0) is 25.0. The van der Waals surface area contributed by atoms with Crippen molar-refractivity contribution in [2.45, 2.75) is 63.0 Å². The summed E-state index contributed by atoms with van der Waals surface area (Å²) in [4.78, 5) is 24.7. The van der Waals surface area contributed by atoms with Gasteiger partial charge in [0.2, 0.25) is 0 Å². The molecule has 1 aromatic rings. The van der Waals surface area contributed by atoms with Crippen LogP contribution in [0.15, 0.2) is 5.03 Å². The maximum absolute atomic E-state index is 12.7. The van der Waals surface area contributed by atoms with Crippen LogP contribution in [0.1, 0.15) is 50.1 Å². The summed E-state index contributed by atoms with van der Waals surface area (Å²) in [6.45, 7) is 17.8. The van der Waals surface area contributed by atoms with Crippen molar-refractivity contribution in [1.82, 2.24) is 19.7 Å². The quantitative estimate of drug-likeness (QED) is 0.522. The number of carbonyl (C=O) groups excluding carboxylic acids is 1. The summed E-state index contributed by atoms with van der Waals surface area (Å²) < 4.78 is 11.8. The first kappa shape index (κ1) is 27.2. The predicted molar refractivity (Wildman–Crippen MR) is 138 cm³/mol. The number of piperazine rings is 1. The van der Waals surface area contributed by atoms with E-state index in [1.54, 1.807) is 0 Å². The number of hydrogen-bond donors (Lipinski definition) is 1. The molecule has 1 aromatic heterocycles. The van der Waals surface area contributed by atoms with Crippen LogP contribution in [0.2, 0.25) is 0 Å². The lowest BCUT2D eigenvalue weighted by atomic mass is 10.00. The molecule has 1 fully saturated rings. The highest BCUT2D eigenvalue weighted by atomic mass is 32.2. The monoisotopic (exact) mass is 493 g/mol. The van der Waals surface area contributed by atoms with E-state index in [9.17, 15) is 4.79 Å². The predicted octanol–water partition coefficient (Wildman–Crippen LogP) is 2.46. The summed E-state index contributed by atoms with van der Waals surface area (Å²) in [5, 5.41) is 0.334. The molecule has 0 amide bonds. The second-order valence-electron chi connectivity index (χ2n) is 10.7. The maximum atomic E-state index is 12.7. The summed E-state index contributed by atoms with van der Waals surface area (Å²) in [7, 11) is 4.26. The number of carbonyl (C=O) groups is 1. The van der Waals surface area contributed by atoms with Gasteiger partial charge in [0, 0.05) is 43.9 Å². The standard InChI is InChI=1S/C25H43N5O3S/c1-17-19-20(26)22(24(31)33-25(3,4)5)34-23(19)27-18(2)21(17)32-16-15-30-13-11-29(12-14-30)10-8-9-28(6)7/h20,22H,8-16,26H2,1-7H3. The Morgan fingerprint density at radius 1 is 1.15 bits per heavy atom. The molecule has 2 N–H and O–H groups in total. The molecule has 0 saturated carbocycles. The lowest BCUT2D eigenvalue weighted by Crippen LogP contribution is -2.47. The summed E-state index contributed by atoms with van der Waals surface area (Å²) in [6.07, 6.45) is 1.22. The van der Waals surface area contributed by atoms with Crippen molar-refractivity contribution in [3.05, 3.63) is 16.8 Å². The van der Waals surface area contributed by atoms with Crippen molar-refractivity contribution in [2.24, 2.45) is 5.73 Å². The second-order valence-corrected chi connectivity index (χ2v) is 11.8. The van der Waals surface area contributed by atoms with E-state index in [0.717, 1.165) is 66.9 Å². The molecule has 0 bridgehead atoms. The average Bonchev–Trinajstić information content (AvgIpc) is 3.06. The first-order valence-corrected chi connectivity index (χ1v) is 13.2. The van der Waals surface area contributed by atoms with Gasteiger partial charge in [0.15, 0.2) is 0 Å². The van der Waals surface area contributed by atoms with Gasteiger partial charge >= 0.3 is 5.97 Å². The Morgan fingerprint density at radius 3 is 2.35 bits per heavy atom. The van der Waals surface area contributed by atoms with Crippen LogP contribution < -0.4 is 10.5 Å². The normalized spacial score (nSPS) is 21.7. The lowest BCUT2D eigenvalue weighted by molar-refractivity contribution is -0.154. The first-order chi connectivity index (χ1) is 16.0. The van der Waals surface area contributed by atoms with Crippen LogP contribution in [0.3, 0.4) is 0 Å². The fourth-order valence-corrected chi connectivity index (χ4v) is 5.81. The molecule has 34 heavy (non-hydrogen) atoms. The van der Waals surface area contributed by atoms with E-state index in [1.165, 1.54) is 24.7 Å². The second kappa shape index (κ2) is 11.6. The van der Waals surface area contributed by atoms with E-state index in [2.05, 4.69) is 28.8 Å². The van der Waals surface area contributed by atoms with Crippen molar-refractivity contribution in [1.29, 1.82) is 0 Å². The number of nitrogens with zero attached hydrogens (tertiary/aromatic N) is 4. The highest BCUT2D eigenvalue weighted by molar-refractivity contribution is 8.00. The molecule has 3 heterocycles. The molecule has 0 spiro atoms. The Morgan fingerprint density at radius 2 is 1.76 bits per heavy atom. The van der Waals surface area contributed by atoms with Gasteiger partial charge in [-0.2, -0.15) is 0 Å². The van der Waals surface area contributed by atoms with Crippen LogP contribution in [0.4, 0.5) is 0 Å². The van der Waals surface area contributed by atoms with Crippen molar-refractivity contribution >= 4 is 17.7 Å². The molecule has 0 aromatic carbocycles. The van der Waals surface area contributed by atoms with Gasteiger partial charge in [-0.15, -0.1) is 0 Å². The minimum absolute atomic E-state index is 0.289. The Labute approximate surface area is 209 Å². The van der Waals surface area contributed by atoms with Gasteiger partial charge in [0.1, 0.15) is 28.2 Å². The number of fused-ring (bicyclic) bond motifs is 1. The largest absolute Gasteiger partial charge is 0.490 e. The van der Waals surface area contributed by atoms with Crippen LogP contribution in [0, 0.1) is 13.8 Å². The molecular formula is C25H43N5O3S. The van der Waals surface area contributed by atoms with Gasteiger partial charge < -0.3 is 25.0 Å². The number of hydrogen-bond acceptors (Lipinski definition) is 9. The molecule has 1 saturated heterocycles. The Kier molecular flexibility index (Phi) is 9.25. The smallest absolute Gasteiger partial charge is 0.321 e. The first-order valence-electron chi connectivity index (χ1n) is 12.3. The SMILES string of the molecule is Cc1nc2c(c(C)c1OCCN1CCN(CCCN(C)C)CC1)C(N)C(C(=O)OC(C)(C)C)S2. The van der Waals surface area contributed by atoms with E-state index in [0.29, 0.717) is 6.61 Å². The summed E-state index contributed by atoms with van der Waals surface area (Å²) >= 11 is 1.40. The van der Waals surface area contributed by atoms with Crippen molar-refractivity contribution in [3.63, 3.8) is 0 Å². The fraction of sp³-hybridized carbons (Fsp3) is 0.760. The van der Waals surface area contributed by atoms with Crippen molar-refractivity contribution in [3.8, 4) is 5.75 Å². The highest BCUT2D eigenvalue weighted by Crippen LogP contribution is 2.46. The van der Waals surface area contributed by atoms with Crippen LogP contribution in [-0.2, 0) is 9.53 Å². The number of thioether (sulfide) groups is 1. The molecule has 8 nitrogen and oxygen atoms in total. The number of ether oxygens (including phenoxy) is 2. The minimum atomic E-state index is -0.545. The zero-order valence-corrected chi connectivity index (χ0v) is 22.8. The van der Waals surface area contributed by atoms with Crippen LogP contribution in [-0.4, -0.2) is 103 Å². The molecule has 0 radical (unpaired) electrons. The number of esters is 1. The van der Waals surface area contributed by atoms with E-state index in [-0.39, 0.29) is 5.97 Å². The highest BCUT2D eigenvalue weighted by Gasteiger charge is 2.41. The Hall–Kier alpha value is -1.39. The van der Waals surface area contributed by atoms with Gasteiger partial charge in [-0.3, -0.25) is 9.69 Å². The average molecular weight is 494 g/mol. The number of pyridine rings is 1. The third kappa shape index (κ3) is 7.07. The van der Waals surface area contributed by atoms with Crippen LogP contribution in [0.5, 0.6) is 5.75 Å². The Balaban J connectivity index is 1.53. The zero-order valence-electron chi connectivity index (χ0n) is 22.0. The molecule has 192 valence electrons. The number of nitrogens with two attached hydrogens (primary N) is 1. The van der Waals surface area contributed by atoms with Gasteiger partial charge in [-0.25, -0.2) is 4.98 Å². The van der Waals surface area contributed by atoms with Crippen LogP contribution in [0.25, 0.3) is 0 Å². The molecule has 3 rings (SSSR count). The van der Waals surface area contributed by atoms with E-state index < -0.39 is 16.9 Å². The third-order valence-corrected chi connectivity index (χ3v) is 7.58. The van der Waals surface area contributed by atoms with Crippen LogP contribution >= 0.6 is 11.8 Å². The molecule has 2 unspecified atom stereocenters.